The van der Waals surface area contributed by atoms with Gasteiger partial charge >= 0.3 is 0 Å². The number of nitrogens with one attached hydrogen (secondary N) is 1. The van der Waals surface area contributed by atoms with E-state index >= 15 is 0 Å². The molecule has 0 fully saturated rings. The van der Waals surface area contributed by atoms with Crippen molar-refractivity contribution in [3.63, 3.8) is 0 Å². The van der Waals surface area contributed by atoms with Crippen LogP contribution in [0.3, 0.4) is 0 Å². The molecule has 2 rings (SSSR count). The molecule has 1 aromatic carbocycles. The van der Waals surface area contributed by atoms with Gasteiger partial charge in [-0.05, 0) is 49.2 Å². The smallest absolute Gasteiger partial charge is 0.128 e. The summed E-state index contributed by atoms with van der Waals surface area (Å²) in [6.07, 6.45) is 2.50. The topological polar surface area (TPSA) is 50.9 Å². The Morgan fingerprint density at radius 3 is 2.76 bits per heavy atom. The first-order valence-corrected chi connectivity index (χ1v) is 7.31. The molecule has 0 bridgehead atoms. The molecule has 0 aliphatic rings. The van der Waals surface area contributed by atoms with E-state index in [0.717, 1.165) is 29.7 Å². The Morgan fingerprint density at radius 1 is 1.33 bits per heavy atom. The standard InChI is InChI=1S/C16H19ClFN3/c1-3-6-20-15(13-5-4-12(18)7-10(13)2)14-8-11(17)9-21-16(14)19/h4-5,7-9,15,20H,3,6H2,1-2H3,(H2,19,21). The van der Waals surface area contributed by atoms with Crippen LogP contribution in [0, 0.1) is 12.7 Å². The highest BCUT2D eigenvalue weighted by atomic mass is 35.5. The van der Waals surface area contributed by atoms with E-state index in [0.29, 0.717) is 10.8 Å². The maximum absolute atomic E-state index is 13.3. The van der Waals surface area contributed by atoms with E-state index in [-0.39, 0.29) is 11.9 Å². The third kappa shape index (κ3) is 3.71. The number of nitrogen functional groups attached to an aromatic ring is 1. The van der Waals surface area contributed by atoms with Gasteiger partial charge in [-0.1, -0.05) is 24.6 Å². The number of benzene rings is 1. The zero-order valence-electron chi connectivity index (χ0n) is 12.2. The molecule has 0 aliphatic carbocycles. The first kappa shape index (κ1) is 15.7. The van der Waals surface area contributed by atoms with Crippen LogP contribution in [0.5, 0.6) is 0 Å². The summed E-state index contributed by atoms with van der Waals surface area (Å²) in [5.74, 6) is 0.180. The van der Waals surface area contributed by atoms with Gasteiger partial charge in [0.15, 0.2) is 0 Å². The van der Waals surface area contributed by atoms with Crippen LogP contribution in [0.2, 0.25) is 5.02 Å². The van der Waals surface area contributed by atoms with Crippen LogP contribution >= 0.6 is 11.6 Å². The summed E-state index contributed by atoms with van der Waals surface area (Å²) in [5.41, 5.74) is 8.64. The molecule has 2 aromatic rings. The van der Waals surface area contributed by atoms with Gasteiger partial charge < -0.3 is 11.1 Å². The number of anilines is 1. The fourth-order valence-electron chi connectivity index (χ4n) is 2.34. The van der Waals surface area contributed by atoms with Crippen LogP contribution in [-0.2, 0) is 0 Å². The second kappa shape index (κ2) is 6.87. The van der Waals surface area contributed by atoms with Gasteiger partial charge in [0.25, 0.3) is 0 Å². The lowest BCUT2D eigenvalue weighted by atomic mass is 9.95. The number of halogens is 2. The maximum atomic E-state index is 13.3. The molecule has 1 atom stereocenters. The average Bonchev–Trinajstić information content (AvgIpc) is 2.44. The molecule has 0 spiro atoms. The molecule has 0 radical (unpaired) electrons. The van der Waals surface area contributed by atoms with Gasteiger partial charge in [-0.3, -0.25) is 0 Å². The summed E-state index contributed by atoms with van der Waals surface area (Å²) in [4.78, 5) is 4.11. The van der Waals surface area contributed by atoms with E-state index in [2.05, 4.69) is 17.2 Å². The molecule has 0 saturated carbocycles. The highest BCUT2D eigenvalue weighted by molar-refractivity contribution is 6.30. The minimum Gasteiger partial charge on any atom is -0.383 e. The number of hydrogen-bond donors (Lipinski definition) is 2. The van der Waals surface area contributed by atoms with Crippen LogP contribution in [0.4, 0.5) is 10.2 Å². The normalized spacial score (nSPS) is 12.4. The first-order valence-electron chi connectivity index (χ1n) is 6.93. The van der Waals surface area contributed by atoms with Crippen molar-refractivity contribution in [2.75, 3.05) is 12.3 Å². The van der Waals surface area contributed by atoms with Gasteiger partial charge in [0.1, 0.15) is 11.6 Å². The highest BCUT2D eigenvalue weighted by Gasteiger charge is 2.19. The fourth-order valence-corrected chi connectivity index (χ4v) is 2.50. The predicted octanol–water partition coefficient (Wildman–Crippen LogP) is 3.85. The van der Waals surface area contributed by atoms with Crippen molar-refractivity contribution in [1.29, 1.82) is 0 Å². The third-order valence-corrected chi connectivity index (χ3v) is 3.58. The maximum Gasteiger partial charge on any atom is 0.128 e. The molecule has 21 heavy (non-hydrogen) atoms. The second-order valence-corrected chi connectivity index (χ2v) is 5.45. The molecule has 3 nitrogen and oxygen atoms in total. The molecule has 112 valence electrons. The summed E-state index contributed by atoms with van der Waals surface area (Å²) < 4.78 is 13.3. The quantitative estimate of drug-likeness (QED) is 0.882. The lowest BCUT2D eigenvalue weighted by molar-refractivity contribution is 0.590. The van der Waals surface area contributed by atoms with E-state index < -0.39 is 0 Å². The number of rotatable bonds is 5. The molecular weight excluding hydrogens is 289 g/mol. The Bertz CT molecular complexity index is 631. The lowest BCUT2D eigenvalue weighted by Crippen LogP contribution is -2.25. The SMILES string of the molecule is CCCNC(c1ccc(F)cc1C)c1cc(Cl)cnc1N. The summed E-state index contributed by atoms with van der Waals surface area (Å²) in [7, 11) is 0. The van der Waals surface area contributed by atoms with Crippen molar-refractivity contribution in [2.45, 2.75) is 26.3 Å². The summed E-state index contributed by atoms with van der Waals surface area (Å²) in [6, 6.07) is 6.40. The van der Waals surface area contributed by atoms with Crippen molar-refractivity contribution >= 4 is 17.4 Å². The van der Waals surface area contributed by atoms with Gasteiger partial charge in [-0.25, -0.2) is 9.37 Å². The first-order chi connectivity index (χ1) is 10.0. The molecule has 5 heteroatoms. The fraction of sp³-hybridized carbons (Fsp3) is 0.312. The minimum atomic E-state index is -0.248. The molecular formula is C16H19ClFN3. The van der Waals surface area contributed by atoms with Gasteiger partial charge in [-0.15, -0.1) is 0 Å². The molecule has 0 amide bonds. The summed E-state index contributed by atoms with van der Waals surface area (Å²) in [5, 5.41) is 3.96. The summed E-state index contributed by atoms with van der Waals surface area (Å²) in [6.45, 7) is 4.78. The van der Waals surface area contributed by atoms with Crippen LogP contribution in [0.25, 0.3) is 0 Å². The molecule has 3 N–H and O–H groups in total. The number of pyridine rings is 1. The van der Waals surface area contributed by atoms with Gasteiger partial charge in [-0.2, -0.15) is 0 Å². The van der Waals surface area contributed by atoms with Gasteiger partial charge in [0.05, 0.1) is 11.1 Å². The molecule has 0 saturated heterocycles. The van der Waals surface area contributed by atoms with Crippen molar-refractivity contribution in [2.24, 2.45) is 0 Å². The number of aromatic nitrogens is 1. The largest absolute Gasteiger partial charge is 0.383 e. The van der Waals surface area contributed by atoms with Crippen LogP contribution < -0.4 is 11.1 Å². The van der Waals surface area contributed by atoms with Crippen molar-refractivity contribution in [3.05, 3.63) is 58.0 Å². The Kier molecular flexibility index (Phi) is 5.15. The third-order valence-electron chi connectivity index (χ3n) is 3.37. The van der Waals surface area contributed by atoms with E-state index in [9.17, 15) is 4.39 Å². The van der Waals surface area contributed by atoms with Crippen LogP contribution in [0.15, 0.2) is 30.5 Å². The Morgan fingerprint density at radius 2 is 2.10 bits per heavy atom. The van der Waals surface area contributed by atoms with E-state index in [1.807, 2.05) is 6.92 Å². The molecule has 1 aromatic heterocycles. The Hall–Kier alpha value is -1.65. The average molecular weight is 308 g/mol. The zero-order chi connectivity index (χ0) is 15.4. The Balaban J connectivity index is 2.49. The second-order valence-electron chi connectivity index (χ2n) is 5.02. The van der Waals surface area contributed by atoms with Crippen LogP contribution in [0.1, 0.15) is 36.1 Å². The Labute approximate surface area is 129 Å². The highest BCUT2D eigenvalue weighted by Crippen LogP contribution is 2.30. The van der Waals surface area contributed by atoms with Crippen molar-refractivity contribution in [3.8, 4) is 0 Å². The molecule has 1 heterocycles. The van der Waals surface area contributed by atoms with Crippen LogP contribution in [-0.4, -0.2) is 11.5 Å². The molecule has 1 unspecified atom stereocenters. The number of aryl methyl sites for hydroxylation is 1. The van der Waals surface area contributed by atoms with E-state index in [1.165, 1.54) is 18.3 Å². The number of hydrogen-bond acceptors (Lipinski definition) is 3. The summed E-state index contributed by atoms with van der Waals surface area (Å²) >= 11 is 6.04. The number of nitrogens with two attached hydrogens (primary N) is 1. The van der Waals surface area contributed by atoms with Crippen molar-refractivity contribution in [1.82, 2.24) is 10.3 Å². The molecule has 0 aliphatic heterocycles. The van der Waals surface area contributed by atoms with Crippen molar-refractivity contribution < 1.29 is 4.39 Å². The zero-order valence-corrected chi connectivity index (χ0v) is 12.9. The monoisotopic (exact) mass is 307 g/mol. The van der Waals surface area contributed by atoms with E-state index in [4.69, 9.17) is 17.3 Å². The lowest BCUT2D eigenvalue weighted by Gasteiger charge is -2.22. The minimum absolute atomic E-state index is 0.156. The van der Waals surface area contributed by atoms with Gasteiger partial charge in [0.2, 0.25) is 0 Å². The van der Waals surface area contributed by atoms with Gasteiger partial charge in [0, 0.05) is 11.8 Å². The van der Waals surface area contributed by atoms with E-state index in [1.54, 1.807) is 12.1 Å². The number of nitrogens with zero attached hydrogens (tertiary/aromatic N) is 1. The predicted molar refractivity (Wildman–Crippen MR) is 84.9 cm³/mol.